The molecule has 0 aliphatic carbocycles. The highest BCUT2D eigenvalue weighted by Crippen LogP contribution is 2.24. The standard InChI is InChI=1S/C86H167NO8/c1-3-5-7-9-11-13-15-17-19-21-23-25-27-29-31-33-35-37-38-39-40-41-42-43-44-46-48-50-52-54-56-58-60-62-64-66-68-70-72-74-76-82(90)87-79(78-94-86-85(93)84(92)83(91)81(77-88)95-86)80(89)75-73-71-69-67-65-63-61-59-57-55-53-51-49-47-45-36-34-32-30-28-26-24-22-20-18-16-14-12-10-8-6-4-2/h65,67,73,75,79-81,83-86,88-89,91-93H,3-64,66,68-72,74,76-78H2,1-2H3,(H,87,90)/b67-65+,75-73+. The van der Waals surface area contributed by atoms with Gasteiger partial charge in [-0.2, -0.15) is 0 Å². The Balaban J connectivity index is 2.03. The Morgan fingerprint density at radius 1 is 0.347 bits per heavy atom. The van der Waals surface area contributed by atoms with Gasteiger partial charge in [-0.3, -0.25) is 4.79 Å². The monoisotopic (exact) mass is 1340 g/mol. The van der Waals surface area contributed by atoms with Gasteiger partial charge in [0.2, 0.25) is 5.91 Å². The second-order valence-electron chi connectivity index (χ2n) is 30.3. The predicted octanol–water partition coefficient (Wildman–Crippen LogP) is 25.1. The van der Waals surface area contributed by atoms with Crippen LogP contribution >= 0.6 is 0 Å². The summed E-state index contributed by atoms with van der Waals surface area (Å²) in [4.78, 5) is 13.2. The zero-order valence-corrected chi connectivity index (χ0v) is 63.7. The van der Waals surface area contributed by atoms with Crippen molar-refractivity contribution < 1.29 is 39.8 Å². The predicted molar refractivity (Wildman–Crippen MR) is 410 cm³/mol. The van der Waals surface area contributed by atoms with E-state index in [1.807, 2.05) is 6.08 Å². The average Bonchev–Trinajstić information content (AvgIpc) is 0.841. The number of amides is 1. The number of hydrogen-bond donors (Lipinski definition) is 6. The maximum atomic E-state index is 13.2. The summed E-state index contributed by atoms with van der Waals surface area (Å²) < 4.78 is 11.3. The maximum Gasteiger partial charge on any atom is 0.220 e. The van der Waals surface area contributed by atoms with E-state index in [2.05, 4.69) is 31.3 Å². The number of hydrogen-bond acceptors (Lipinski definition) is 8. The summed E-state index contributed by atoms with van der Waals surface area (Å²) in [6.07, 6.45) is 95.2. The second-order valence-corrected chi connectivity index (χ2v) is 30.3. The smallest absolute Gasteiger partial charge is 0.220 e. The van der Waals surface area contributed by atoms with Crippen molar-refractivity contribution >= 4 is 5.91 Å². The van der Waals surface area contributed by atoms with E-state index in [0.29, 0.717) is 6.42 Å². The molecule has 1 aliphatic rings. The Morgan fingerprint density at radius 2 is 0.600 bits per heavy atom. The summed E-state index contributed by atoms with van der Waals surface area (Å²) in [5, 5.41) is 54.9. The molecule has 1 saturated heterocycles. The second kappa shape index (κ2) is 75.3. The first-order valence-corrected chi connectivity index (χ1v) is 43.1. The summed E-state index contributed by atoms with van der Waals surface area (Å²) in [7, 11) is 0. The molecule has 0 aromatic heterocycles. The highest BCUT2D eigenvalue weighted by molar-refractivity contribution is 5.76. The number of allylic oxidation sites excluding steroid dienone is 3. The van der Waals surface area contributed by atoms with Crippen LogP contribution < -0.4 is 5.32 Å². The van der Waals surface area contributed by atoms with Gasteiger partial charge in [0.05, 0.1) is 25.4 Å². The number of aliphatic hydroxyl groups excluding tert-OH is 5. The molecule has 1 rings (SSSR count). The fourth-order valence-corrected chi connectivity index (χ4v) is 14.4. The molecule has 9 heteroatoms. The summed E-state index contributed by atoms with van der Waals surface area (Å²) in [5.41, 5.74) is 0. The lowest BCUT2D eigenvalue weighted by Crippen LogP contribution is -2.60. The zero-order chi connectivity index (χ0) is 68.5. The number of unbranched alkanes of at least 4 members (excludes halogenated alkanes) is 66. The number of nitrogens with one attached hydrogen (secondary N) is 1. The van der Waals surface area contributed by atoms with E-state index in [1.165, 1.54) is 405 Å². The first-order chi connectivity index (χ1) is 46.8. The van der Waals surface area contributed by atoms with Crippen molar-refractivity contribution in [1.29, 1.82) is 0 Å². The lowest BCUT2D eigenvalue weighted by molar-refractivity contribution is -0.302. The molecule has 6 N–H and O–H groups in total. The van der Waals surface area contributed by atoms with Crippen molar-refractivity contribution in [3.05, 3.63) is 24.3 Å². The molecule has 0 radical (unpaired) electrons. The van der Waals surface area contributed by atoms with Crippen molar-refractivity contribution in [2.24, 2.45) is 0 Å². The SMILES string of the molecule is CCCCCCCCCCCCCCCCCCCCCCCCCCCC/C=C/CC/C=C/C(O)C(COC1OC(CO)C(O)C(O)C1O)NC(=O)CCCCCCCCCCCCCCCCCCCCCCCCCCCCCCCCCCCCCCCCCC. The van der Waals surface area contributed by atoms with Crippen molar-refractivity contribution in [2.75, 3.05) is 13.2 Å². The van der Waals surface area contributed by atoms with Crippen LogP contribution in [0.25, 0.3) is 0 Å². The average molecular weight is 1340 g/mol. The van der Waals surface area contributed by atoms with Crippen LogP contribution in [0, 0.1) is 0 Å². The van der Waals surface area contributed by atoms with Crippen LogP contribution in [0.15, 0.2) is 24.3 Å². The Morgan fingerprint density at radius 3 is 0.884 bits per heavy atom. The third-order valence-electron chi connectivity index (χ3n) is 21.0. The molecule has 95 heavy (non-hydrogen) atoms. The van der Waals surface area contributed by atoms with Gasteiger partial charge in [0.15, 0.2) is 6.29 Å². The molecule has 0 aromatic rings. The Hall–Kier alpha value is -1.33. The molecular weight excluding hydrogens is 1170 g/mol. The highest BCUT2D eigenvalue weighted by atomic mass is 16.7. The van der Waals surface area contributed by atoms with Gasteiger partial charge < -0.3 is 40.3 Å². The van der Waals surface area contributed by atoms with Gasteiger partial charge in [-0.15, -0.1) is 0 Å². The van der Waals surface area contributed by atoms with Crippen LogP contribution in [-0.2, 0) is 14.3 Å². The number of rotatable bonds is 78. The minimum Gasteiger partial charge on any atom is -0.394 e. The Labute approximate surface area is 591 Å². The van der Waals surface area contributed by atoms with Crippen LogP contribution in [-0.4, -0.2) is 87.5 Å². The van der Waals surface area contributed by atoms with E-state index in [0.717, 1.165) is 38.5 Å². The maximum absolute atomic E-state index is 13.2. The van der Waals surface area contributed by atoms with Gasteiger partial charge in [-0.05, 0) is 32.1 Å². The van der Waals surface area contributed by atoms with Gasteiger partial charge in [-0.25, -0.2) is 0 Å². The number of aliphatic hydroxyl groups is 5. The normalized spacial score (nSPS) is 17.5. The third kappa shape index (κ3) is 63.3. The molecule has 1 amide bonds. The summed E-state index contributed by atoms with van der Waals surface area (Å²) in [6.45, 7) is 3.84. The molecule has 0 spiro atoms. The van der Waals surface area contributed by atoms with Crippen LogP contribution in [0.3, 0.4) is 0 Å². The van der Waals surface area contributed by atoms with E-state index in [-0.39, 0.29) is 12.5 Å². The molecule has 7 atom stereocenters. The molecular formula is C86H167NO8. The van der Waals surface area contributed by atoms with Gasteiger partial charge in [-0.1, -0.05) is 449 Å². The van der Waals surface area contributed by atoms with Gasteiger partial charge in [0.25, 0.3) is 0 Å². The topological polar surface area (TPSA) is 149 Å². The molecule has 1 aliphatic heterocycles. The first kappa shape index (κ1) is 91.7. The summed E-state index contributed by atoms with van der Waals surface area (Å²) in [5.74, 6) is -0.175. The molecule has 1 heterocycles. The largest absolute Gasteiger partial charge is 0.394 e. The first-order valence-electron chi connectivity index (χ1n) is 43.1. The number of carbonyl (C=O) groups is 1. The van der Waals surface area contributed by atoms with E-state index in [9.17, 15) is 30.3 Å². The lowest BCUT2D eigenvalue weighted by Gasteiger charge is -2.40. The Kier molecular flexibility index (Phi) is 72.7. The van der Waals surface area contributed by atoms with Crippen LogP contribution in [0.2, 0.25) is 0 Å². The minimum absolute atomic E-state index is 0.175. The van der Waals surface area contributed by atoms with Crippen molar-refractivity contribution in [3.8, 4) is 0 Å². The third-order valence-corrected chi connectivity index (χ3v) is 21.0. The quantitative estimate of drug-likeness (QED) is 0.0261. The van der Waals surface area contributed by atoms with E-state index in [1.54, 1.807) is 6.08 Å². The highest BCUT2D eigenvalue weighted by Gasteiger charge is 2.44. The van der Waals surface area contributed by atoms with Gasteiger partial charge in [0, 0.05) is 6.42 Å². The molecule has 0 saturated carbocycles. The zero-order valence-electron chi connectivity index (χ0n) is 63.7. The molecule has 7 unspecified atom stereocenters. The van der Waals surface area contributed by atoms with Crippen LogP contribution in [0.5, 0.6) is 0 Å². The van der Waals surface area contributed by atoms with Crippen LogP contribution in [0.4, 0.5) is 0 Å². The fourth-order valence-electron chi connectivity index (χ4n) is 14.4. The molecule has 9 nitrogen and oxygen atoms in total. The van der Waals surface area contributed by atoms with Crippen molar-refractivity contribution in [2.45, 2.75) is 506 Å². The minimum atomic E-state index is -1.57. The summed E-state index contributed by atoms with van der Waals surface area (Å²) >= 11 is 0. The molecule has 0 aromatic carbocycles. The number of ether oxygens (including phenoxy) is 2. The fraction of sp³-hybridized carbons (Fsp3) is 0.942. The number of carbonyl (C=O) groups excluding carboxylic acids is 1. The molecule has 1 fully saturated rings. The Bertz CT molecular complexity index is 1560. The van der Waals surface area contributed by atoms with Crippen molar-refractivity contribution in [3.63, 3.8) is 0 Å². The van der Waals surface area contributed by atoms with Gasteiger partial charge >= 0.3 is 0 Å². The summed E-state index contributed by atoms with van der Waals surface area (Å²) in [6, 6.07) is -0.822. The van der Waals surface area contributed by atoms with Gasteiger partial charge in [0.1, 0.15) is 24.4 Å². The van der Waals surface area contributed by atoms with E-state index in [4.69, 9.17) is 9.47 Å². The van der Waals surface area contributed by atoms with E-state index < -0.39 is 49.5 Å². The van der Waals surface area contributed by atoms with Crippen LogP contribution in [0.1, 0.15) is 463 Å². The molecule has 564 valence electrons. The lowest BCUT2D eigenvalue weighted by atomic mass is 9.99. The van der Waals surface area contributed by atoms with E-state index >= 15 is 0 Å². The molecule has 0 bridgehead atoms. The van der Waals surface area contributed by atoms with Crippen molar-refractivity contribution in [1.82, 2.24) is 5.32 Å².